The molecule has 1 rings (SSSR count). The van der Waals surface area contributed by atoms with Crippen LogP contribution in [0.15, 0.2) is 11.6 Å². The summed E-state index contributed by atoms with van der Waals surface area (Å²) in [5, 5.41) is 12.5. The maximum atomic E-state index is 11.7. The molecular formula is C14H23NO5. The predicted octanol–water partition coefficient (Wildman–Crippen LogP) is 1.52. The van der Waals surface area contributed by atoms with Crippen molar-refractivity contribution in [3.05, 3.63) is 11.6 Å². The summed E-state index contributed by atoms with van der Waals surface area (Å²) in [6.45, 7) is 7.30. The van der Waals surface area contributed by atoms with Crippen LogP contribution < -0.4 is 5.32 Å². The Balaban J connectivity index is 2.60. The van der Waals surface area contributed by atoms with Crippen molar-refractivity contribution < 1.29 is 24.2 Å². The van der Waals surface area contributed by atoms with Crippen LogP contribution >= 0.6 is 0 Å². The van der Waals surface area contributed by atoms with E-state index in [0.717, 1.165) is 0 Å². The van der Waals surface area contributed by atoms with E-state index in [0.29, 0.717) is 18.6 Å². The molecule has 0 aromatic heterocycles. The van der Waals surface area contributed by atoms with Gasteiger partial charge in [-0.05, 0) is 34.1 Å². The van der Waals surface area contributed by atoms with Crippen molar-refractivity contribution in [3.8, 4) is 0 Å². The molecule has 0 unspecified atom stereocenters. The van der Waals surface area contributed by atoms with Gasteiger partial charge in [0, 0.05) is 12.0 Å². The zero-order chi connectivity index (χ0) is 15.3. The number of esters is 1. The van der Waals surface area contributed by atoms with Gasteiger partial charge in [-0.2, -0.15) is 0 Å². The Hall–Kier alpha value is -1.56. The summed E-state index contributed by atoms with van der Waals surface area (Å²) < 4.78 is 10.1. The minimum absolute atomic E-state index is 0.235. The van der Waals surface area contributed by atoms with Gasteiger partial charge in [-0.25, -0.2) is 9.59 Å². The second-order valence-electron chi connectivity index (χ2n) is 5.71. The number of hydrogen-bond acceptors (Lipinski definition) is 5. The van der Waals surface area contributed by atoms with E-state index in [1.165, 1.54) is 0 Å². The number of aliphatic hydroxyl groups excluding tert-OH is 1. The average Bonchev–Trinajstić information content (AvgIpc) is 2.29. The summed E-state index contributed by atoms with van der Waals surface area (Å²) in [6.07, 6.45) is 0.844. The van der Waals surface area contributed by atoms with E-state index in [1.54, 1.807) is 33.8 Å². The summed E-state index contributed by atoms with van der Waals surface area (Å²) in [5.41, 5.74) is -0.137. The van der Waals surface area contributed by atoms with Gasteiger partial charge in [0.15, 0.2) is 0 Å². The first-order valence-electron chi connectivity index (χ1n) is 6.76. The van der Waals surface area contributed by atoms with Gasteiger partial charge >= 0.3 is 12.1 Å². The third-order valence-electron chi connectivity index (χ3n) is 2.75. The molecule has 0 spiro atoms. The van der Waals surface area contributed by atoms with E-state index in [2.05, 4.69) is 5.32 Å². The van der Waals surface area contributed by atoms with Crippen LogP contribution in [0.25, 0.3) is 0 Å². The lowest BCUT2D eigenvalue weighted by molar-refractivity contribution is -0.139. The normalized spacial score (nSPS) is 22.8. The lowest BCUT2D eigenvalue weighted by Crippen LogP contribution is -2.47. The topological polar surface area (TPSA) is 84.9 Å². The standard InChI is InChI=1S/C14H23NO5/c1-5-19-12(17)9-6-7-11(16)10(8-9)15-13(18)20-14(2,3)4/h6,10-11,16H,5,7-8H2,1-4H3,(H,15,18)/t10-,11+/m0/s1. The zero-order valence-electron chi connectivity index (χ0n) is 12.4. The third-order valence-corrected chi connectivity index (χ3v) is 2.75. The molecule has 0 fully saturated rings. The van der Waals surface area contributed by atoms with Gasteiger partial charge in [0.2, 0.25) is 0 Å². The second kappa shape index (κ2) is 6.74. The van der Waals surface area contributed by atoms with Gasteiger partial charge < -0.3 is 19.9 Å². The van der Waals surface area contributed by atoms with Crippen LogP contribution in [0.4, 0.5) is 4.79 Å². The molecule has 0 radical (unpaired) electrons. The van der Waals surface area contributed by atoms with E-state index in [-0.39, 0.29) is 6.42 Å². The summed E-state index contributed by atoms with van der Waals surface area (Å²) in [7, 11) is 0. The van der Waals surface area contributed by atoms with Gasteiger partial charge in [-0.3, -0.25) is 0 Å². The van der Waals surface area contributed by atoms with E-state index in [1.807, 2.05) is 0 Å². The predicted molar refractivity (Wildman–Crippen MR) is 73.1 cm³/mol. The largest absolute Gasteiger partial charge is 0.463 e. The molecule has 1 amide bonds. The fourth-order valence-electron chi connectivity index (χ4n) is 1.88. The second-order valence-corrected chi connectivity index (χ2v) is 5.71. The molecule has 6 nitrogen and oxygen atoms in total. The lowest BCUT2D eigenvalue weighted by atomic mass is 9.92. The quantitative estimate of drug-likeness (QED) is 0.768. The smallest absolute Gasteiger partial charge is 0.407 e. The number of amides is 1. The van der Waals surface area contributed by atoms with Crippen molar-refractivity contribution in [2.24, 2.45) is 0 Å². The maximum absolute atomic E-state index is 11.7. The molecule has 2 atom stereocenters. The zero-order valence-corrected chi connectivity index (χ0v) is 12.4. The molecular weight excluding hydrogens is 262 g/mol. The Morgan fingerprint density at radius 3 is 2.65 bits per heavy atom. The van der Waals surface area contributed by atoms with Crippen molar-refractivity contribution in [1.82, 2.24) is 5.32 Å². The third kappa shape index (κ3) is 5.21. The molecule has 0 aromatic rings. The number of nitrogens with one attached hydrogen (secondary N) is 1. The first kappa shape index (κ1) is 16.5. The fourth-order valence-corrected chi connectivity index (χ4v) is 1.88. The number of aliphatic hydroxyl groups is 1. The van der Waals surface area contributed by atoms with Crippen LogP contribution in [0.2, 0.25) is 0 Å². The summed E-state index contributed by atoms with van der Waals surface area (Å²) in [6, 6.07) is -0.547. The highest BCUT2D eigenvalue weighted by molar-refractivity contribution is 5.88. The van der Waals surface area contributed by atoms with Crippen LogP contribution in [-0.2, 0) is 14.3 Å². The highest BCUT2D eigenvalue weighted by Crippen LogP contribution is 2.20. The van der Waals surface area contributed by atoms with Gasteiger partial charge in [0.1, 0.15) is 5.60 Å². The number of carbonyl (C=O) groups excluding carboxylic acids is 2. The molecule has 0 saturated carbocycles. The lowest BCUT2D eigenvalue weighted by Gasteiger charge is -2.29. The van der Waals surface area contributed by atoms with Crippen molar-refractivity contribution in [3.63, 3.8) is 0 Å². The fraction of sp³-hybridized carbons (Fsp3) is 0.714. The van der Waals surface area contributed by atoms with Crippen molar-refractivity contribution in [2.75, 3.05) is 6.61 Å². The Morgan fingerprint density at radius 2 is 2.10 bits per heavy atom. The molecule has 1 aliphatic rings. The van der Waals surface area contributed by atoms with Crippen molar-refractivity contribution in [2.45, 2.75) is 58.3 Å². The molecule has 1 aliphatic carbocycles. The van der Waals surface area contributed by atoms with E-state index in [9.17, 15) is 14.7 Å². The Morgan fingerprint density at radius 1 is 1.45 bits per heavy atom. The number of hydrogen-bond donors (Lipinski definition) is 2. The van der Waals surface area contributed by atoms with Crippen LogP contribution in [0, 0.1) is 0 Å². The van der Waals surface area contributed by atoms with Crippen molar-refractivity contribution >= 4 is 12.1 Å². The molecule has 0 saturated heterocycles. The van der Waals surface area contributed by atoms with E-state index in [4.69, 9.17) is 9.47 Å². The molecule has 20 heavy (non-hydrogen) atoms. The van der Waals surface area contributed by atoms with Crippen LogP contribution in [-0.4, -0.2) is 41.5 Å². The Labute approximate surface area is 119 Å². The van der Waals surface area contributed by atoms with Gasteiger partial charge in [0.05, 0.1) is 18.8 Å². The minimum atomic E-state index is -0.735. The molecule has 0 heterocycles. The molecule has 6 heteroatoms. The van der Waals surface area contributed by atoms with Crippen LogP contribution in [0.3, 0.4) is 0 Å². The van der Waals surface area contributed by atoms with E-state index >= 15 is 0 Å². The number of alkyl carbamates (subject to hydrolysis) is 1. The molecule has 0 aliphatic heterocycles. The van der Waals surface area contributed by atoms with Crippen molar-refractivity contribution in [1.29, 1.82) is 0 Å². The first-order chi connectivity index (χ1) is 9.23. The average molecular weight is 285 g/mol. The van der Waals surface area contributed by atoms with Gasteiger partial charge in [-0.1, -0.05) is 6.08 Å². The SMILES string of the molecule is CCOC(=O)C1=CC[C@@H](O)[C@@H](NC(=O)OC(C)(C)C)C1. The summed E-state index contributed by atoms with van der Waals surface area (Å²) >= 11 is 0. The molecule has 114 valence electrons. The summed E-state index contributed by atoms with van der Waals surface area (Å²) in [4.78, 5) is 23.3. The maximum Gasteiger partial charge on any atom is 0.407 e. The van der Waals surface area contributed by atoms with Gasteiger partial charge in [-0.15, -0.1) is 0 Å². The molecule has 0 bridgehead atoms. The first-order valence-corrected chi connectivity index (χ1v) is 6.76. The number of ether oxygens (including phenoxy) is 2. The van der Waals surface area contributed by atoms with Gasteiger partial charge in [0.25, 0.3) is 0 Å². The molecule has 0 aromatic carbocycles. The van der Waals surface area contributed by atoms with E-state index < -0.39 is 29.8 Å². The monoisotopic (exact) mass is 285 g/mol. The number of rotatable bonds is 3. The van der Waals surface area contributed by atoms with Crippen LogP contribution in [0.5, 0.6) is 0 Å². The Bertz CT molecular complexity index is 397. The van der Waals surface area contributed by atoms with Crippen LogP contribution in [0.1, 0.15) is 40.5 Å². The highest BCUT2D eigenvalue weighted by Gasteiger charge is 2.30. The summed E-state index contributed by atoms with van der Waals surface area (Å²) in [5.74, 6) is -0.407. The highest BCUT2D eigenvalue weighted by atomic mass is 16.6. The Kier molecular flexibility index (Phi) is 5.56. The molecule has 2 N–H and O–H groups in total. The number of carbonyl (C=O) groups is 2. The minimum Gasteiger partial charge on any atom is -0.463 e.